The van der Waals surface area contributed by atoms with Gasteiger partial charge >= 0.3 is 11.9 Å². The zero-order valence-electron chi connectivity index (χ0n) is 17.2. The van der Waals surface area contributed by atoms with Gasteiger partial charge < -0.3 is 20.9 Å². The Morgan fingerprint density at radius 3 is 1.22 bits per heavy atom. The van der Waals surface area contributed by atoms with E-state index < -0.39 is 36.2 Å². The molecule has 4 N–H and O–H groups in total. The Kier molecular flexibility index (Phi) is 11.0. The van der Waals surface area contributed by atoms with Crippen molar-refractivity contribution in [1.29, 1.82) is 0 Å². The summed E-state index contributed by atoms with van der Waals surface area (Å²) in [5.41, 5.74) is 11.4. The lowest BCUT2D eigenvalue weighted by Gasteiger charge is -2.19. The summed E-state index contributed by atoms with van der Waals surface area (Å²) >= 11 is 0. The molecule has 0 aromatic heterocycles. The van der Waals surface area contributed by atoms with E-state index in [0.29, 0.717) is 0 Å². The van der Waals surface area contributed by atoms with Crippen molar-refractivity contribution in [2.75, 3.05) is 0 Å². The van der Waals surface area contributed by atoms with Crippen LogP contribution in [0.4, 0.5) is 0 Å². The van der Waals surface area contributed by atoms with E-state index in [1.54, 1.807) is 27.7 Å². The first kappa shape index (κ1) is 25.2. The summed E-state index contributed by atoms with van der Waals surface area (Å²) in [6, 6.07) is -1.57. The zero-order chi connectivity index (χ0) is 21.3. The van der Waals surface area contributed by atoms with Gasteiger partial charge in [0.15, 0.2) is 23.8 Å². The van der Waals surface area contributed by atoms with Crippen molar-refractivity contribution < 1.29 is 28.7 Å². The predicted octanol–water partition coefficient (Wildman–Crippen LogP) is 1.12. The molecule has 0 bridgehead atoms. The first-order chi connectivity index (χ1) is 12.4. The lowest BCUT2D eigenvalue weighted by molar-refractivity contribution is -0.156. The molecule has 156 valence electrons. The number of hydrogen-bond acceptors (Lipinski definition) is 8. The van der Waals surface area contributed by atoms with Gasteiger partial charge in [0.2, 0.25) is 0 Å². The molecule has 0 fully saturated rings. The average Bonchev–Trinajstić information content (AvgIpc) is 2.59. The van der Waals surface area contributed by atoms with E-state index in [1.807, 2.05) is 0 Å². The number of ketones is 2. The summed E-state index contributed by atoms with van der Waals surface area (Å²) < 4.78 is 10.1. The van der Waals surface area contributed by atoms with E-state index >= 15 is 0 Å². The number of nitrogens with two attached hydrogens (primary N) is 2. The van der Waals surface area contributed by atoms with Gasteiger partial charge in [-0.15, -0.1) is 0 Å². The number of rotatable bonds is 12. The summed E-state index contributed by atoms with van der Waals surface area (Å²) in [6.45, 7) is 10.1. The smallest absolute Gasteiger partial charge is 0.323 e. The zero-order valence-corrected chi connectivity index (χ0v) is 17.2. The fourth-order valence-electron chi connectivity index (χ4n) is 2.02. The first-order valence-electron chi connectivity index (χ1n) is 9.36. The minimum absolute atomic E-state index is 0.0727. The standard InChI is InChI=1S/C19H34N2O6/c1-10(2)16(20)18(24)26-12(5)14(22)8-7-9-15(23)13(6)27-19(25)17(21)11(3)4/h10-13,16-17H,7-9,20-21H2,1-6H3. The minimum Gasteiger partial charge on any atom is -0.453 e. The number of hydrogen-bond donors (Lipinski definition) is 2. The van der Waals surface area contributed by atoms with Gasteiger partial charge in [-0.3, -0.25) is 19.2 Å². The Labute approximate surface area is 161 Å². The molecular formula is C19H34N2O6. The summed E-state index contributed by atoms with van der Waals surface area (Å²) in [4.78, 5) is 47.6. The van der Waals surface area contributed by atoms with E-state index in [9.17, 15) is 19.2 Å². The van der Waals surface area contributed by atoms with Gasteiger partial charge in [0.25, 0.3) is 0 Å². The third kappa shape index (κ3) is 9.10. The minimum atomic E-state index is -0.920. The lowest BCUT2D eigenvalue weighted by atomic mass is 10.0. The van der Waals surface area contributed by atoms with E-state index in [4.69, 9.17) is 20.9 Å². The largest absolute Gasteiger partial charge is 0.453 e. The Morgan fingerprint density at radius 2 is 0.963 bits per heavy atom. The molecule has 0 aliphatic rings. The molecule has 0 aliphatic carbocycles. The maximum absolute atomic E-state index is 12.0. The van der Waals surface area contributed by atoms with Crippen LogP contribution in [0.1, 0.15) is 60.8 Å². The molecule has 0 heterocycles. The maximum Gasteiger partial charge on any atom is 0.323 e. The van der Waals surface area contributed by atoms with Crippen LogP contribution in [0.15, 0.2) is 0 Å². The van der Waals surface area contributed by atoms with Gasteiger partial charge in [-0.25, -0.2) is 0 Å². The maximum atomic E-state index is 12.0. The normalized spacial score (nSPS) is 15.8. The Morgan fingerprint density at radius 1 is 0.667 bits per heavy atom. The van der Waals surface area contributed by atoms with Crippen LogP contribution in [0.2, 0.25) is 0 Å². The third-order valence-electron chi connectivity index (χ3n) is 4.32. The van der Waals surface area contributed by atoms with Crippen LogP contribution in [-0.4, -0.2) is 47.8 Å². The lowest BCUT2D eigenvalue weighted by Crippen LogP contribution is -2.40. The highest BCUT2D eigenvalue weighted by molar-refractivity contribution is 5.88. The van der Waals surface area contributed by atoms with E-state index in [-0.39, 0.29) is 42.7 Å². The second-order valence-electron chi connectivity index (χ2n) is 7.48. The summed E-state index contributed by atoms with van der Waals surface area (Å²) in [5, 5.41) is 0. The van der Waals surface area contributed by atoms with Crippen LogP contribution in [-0.2, 0) is 28.7 Å². The van der Waals surface area contributed by atoms with E-state index in [1.165, 1.54) is 13.8 Å². The van der Waals surface area contributed by atoms with Crippen molar-refractivity contribution in [3.05, 3.63) is 0 Å². The Balaban J connectivity index is 4.30. The van der Waals surface area contributed by atoms with Gasteiger partial charge in [-0.2, -0.15) is 0 Å². The number of ether oxygens (including phenoxy) is 2. The van der Waals surface area contributed by atoms with Gasteiger partial charge in [-0.1, -0.05) is 27.7 Å². The highest BCUT2D eigenvalue weighted by Gasteiger charge is 2.26. The van der Waals surface area contributed by atoms with Crippen LogP contribution in [0.3, 0.4) is 0 Å². The number of Topliss-reactive ketones (excluding diaryl/α,β-unsaturated/α-hetero) is 2. The van der Waals surface area contributed by atoms with Gasteiger partial charge in [-0.05, 0) is 32.1 Å². The van der Waals surface area contributed by atoms with Crippen molar-refractivity contribution in [2.45, 2.75) is 85.1 Å². The molecule has 0 aliphatic heterocycles. The van der Waals surface area contributed by atoms with Crippen LogP contribution in [0.25, 0.3) is 0 Å². The van der Waals surface area contributed by atoms with E-state index in [2.05, 4.69) is 0 Å². The summed E-state index contributed by atoms with van der Waals surface area (Å²) in [6.07, 6.45) is -1.42. The molecule has 0 rings (SSSR count). The molecule has 0 aromatic carbocycles. The van der Waals surface area contributed by atoms with Crippen molar-refractivity contribution in [2.24, 2.45) is 23.3 Å². The molecule has 27 heavy (non-hydrogen) atoms. The second-order valence-corrected chi connectivity index (χ2v) is 7.48. The monoisotopic (exact) mass is 386 g/mol. The average molecular weight is 386 g/mol. The van der Waals surface area contributed by atoms with Crippen molar-refractivity contribution >= 4 is 23.5 Å². The molecule has 0 radical (unpaired) electrons. The molecule has 0 saturated heterocycles. The Hall–Kier alpha value is -1.80. The fourth-order valence-corrected chi connectivity index (χ4v) is 2.02. The van der Waals surface area contributed by atoms with Crippen LogP contribution in [0, 0.1) is 11.8 Å². The first-order valence-corrected chi connectivity index (χ1v) is 9.36. The summed E-state index contributed by atoms with van der Waals surface area (Å²) in [7, 11) is 0. The van der Waals surface area contributed by atoms with E-state index in [0.717, 1.165) is 0 Å². The molecule has 8 heteroatoms. The second kappa shape index (κ2) is 11.8. The van der Waals surface area contributed by atoms with Crippen LogP contribution >= 0.6 is 0 Å². The SMILES string of the molecule is CC(OC(=O)C(N)C(C)C)C(=O)CCCC(=O)C(C)OC(=O)C(N)C(C)C. The molecule has 0 amide bonds. The Bertz CT molecular complexity index is 486. The molecular weight excluding hydrogens is 352 g/mol. The third-order valence-corrected chi connectivity index (χ3v) is 4.32. The van der Waals surface area contributed by atoms with Crippen molar-refractivity contribution in [3.63, 3.8) is 0 Å². The fraction of sp³-hybridized carbons (Fsp3) is 0.789. The molecule has 4 unspecified atom stereocenters. The van der Waals surface area contributed by atoms with Gasteiger partial charge in [0, 0.05) is 12.8 Å². The highest BCUT2D eigenvalue weighted by Crippen LogP contribution is 2.10. The van der Waals surface area contributed by atoms with Gasteiger partial charge in [0.05, 0.1) is 0 Å². The van der Waals surface area contributed by atoms with Crippen molar-refractivity contribution in [1.82, 2.24) is 0 Å². The topological polar surface area (TPSA) is 139 Å². The van der Waals surface area contributed by atoms with Crippen LogP contribution < -0.4 is 11.5 Å². The molecule has 0 aromatic rings. The summed E-state index contributed by atoms with van der Waals surface area (Å²) in [5.74, 6) is -2.01. The van der Waals surface area contributed by atoms with Gasteiger partial charge in [0.1, 0.15) is 12.1 Å². The van der Waals surface area contributed by atoms with Crippen LogP contribution in [0.5, 0.6) is 0 Å². The highest BCUT2D eigenvalue weighted by atomic mass is 16.6. The molecule has 8 nitrogen and oxygen atoms in total. The molecule has 0 spiro atoms. The predicted molar refractivity (Wildman–Crippen MR) is 101 cm³/mol. The molecule has 4 atom stereocenters. The number of esters is 2. The van der Waals surface area contributed by atoms with Crippen molar-refractivity contribution in [3.8, 4) is 0 Å². The number of carbonyl (C=O) groups is 4. The molecule has 0 saturated carbocycles. The number of carbonyl (C=O) groups excluding carboxylic acids is 4. The quantitative estimate of drug-likeness (QED) is 0.476.